The first-order chi connectivity index (χ1) is 19.9. The molecule has 214 valence electrons. The Bertz CT molecular complexity index is 1420. The van der Waals surface area contributed by atoms with Gasteiger partial charge >= 0.3 is 0 Å². The number of aryl methyl sites for hydroxylation is 1. The molecule has 4 fully saturated rings. The maximum Gasteiger partial charge on any atom is 0.230 e. The average Bonchev–Trinajstić information content (AvgIpc) is 3.54. The number of anilines is 1. The van der Waals surface area contributed by atoms with E-state index in [-0.39, 0.29) is 28.8 Å². The number of benzene rings is 2. The second-order valence-corrected chi connectivity index (χ2v) is 13.4. The summed E-state index contributed by atoms with van der Waals surface area (Å²) >= 11 is 1.53. The molecule has 5 nitrogen and oxygen atoms in total. The Morgan fingerprint density at radius 2 is 1.80 bits per heavy atom. The summed E-state index contributed by atoms with van der Waals surface area (Å²) in [4.78, 5) is 20.5. The van der Waals surface area contributed by atoms with Gasteiger partial charge in [-0.3, -0.25) is 4.79 Å². The Kier molecular flexibility index (Phi) is 7.94. The molecule has 0 spiro atoms. The summed E-state index contributed by atoms with van der Waals surface area (Å²) in [6.07, 6.45) is 11.3. The highest BCUT2D eigenvalue weighted by molar-refractivity contribution is 7.10. The van der Waals surface area contributed by atoms with E-state index in [1.54, 1.807) is 13.3 Å². The Balaban J connectivity index is 1.25. The predicted octanol–water partition coefficient (Wildman–Crippen LogP) is 7.04. The molecule has 3 aromatic rings. The lowest BCUT2D eigenvalue weighted by molar-refractivity contribution is -0.124. The zero-order valence-electron chi connectivity index (χ0n) is 24.2. The van der Waals surface area contributed by atoms with Gasteiger partial charge in [-0.25, -0.2) is 4.98 Å². The van der Waals surface area contributed by atoms with Gasteiger partial charge in [0.05, 0.1) is 13.2 Å². The third-order valence-electron chi connectivity index (χ3n) is 10.1. The van der Waals surface area contributed by atoms with E-state index in [0.29, 0.717) is 12.8 Å². The monoisotopic (exact) mass is 568 g/mol. The van der Waals surface area contributed by atoms with E-state index in [0.717, 1.165) is 79.9 Å². The molecule has 2 aromatic carbocycles. The van der Waals surface area contributed by atoms with E-state index < -0.39 is 0 Å². The summed E-state index contributed by atoms with van der Waals surface area (Å²) in [6.45, 7) is 2.89. The molecule has 0 radical (unpaired) electrons. The van der Waals surface area contributed by atoms with Crippen molar-refractivity contribution < 1.29 is 14.6 Å². The first kappa shape index (κ1) is 28.0. The van der Waals surface area contributed by atoms with E-state index in [1.807, 2.05) is 17.5 Å². The number of carbonyl (C=O) groups excluding carboxylic acids is 1. The van der Waals surface area contributed by atoms with Gasteiger partial charge in [-0.1, -0.05) is 24.1 Å². The Labute approximate surface area is 248 Å². The van der Waals surface area contributed by atoms with Crippen LogP contribution in [0.15, 0.2) is 54.0 Å². The van der Waals surface area contributed by atoms with Crippen molar-refractivity contribution in [3.8, 4) is 17.6 Å². The predicted molar refractivity (Wildman–Crippen MR) is 164 cm³/mol. The molecule has 1 heterocycles. The van der Waals surface area contributed by atoms with E-state index in [2.05, 4.69) is 59.0 Å². The highest BCUT2D eigenvalue weighted by Gasteiger charge is 2.50. The summed E-state index contributed by atoms with van der Waals surface area (Å²) in [7, 11) is 1.74. The molecule has 1 aromatic heterocycles. The van der Waals surface area contributed by atoms with Gasteiger partial charge in [-0.15, -0.1) is 11.3 Å². The number of aliphatic hydroxyl groups is 1. The summed E-state index contributed by atoms with van der Waals surface area (Å²) in [5.41, 5.74) is 4.86. The number of amides is 1. The smallest absolute Gasteiger partial charge is 0.230 e. The number of fused-ring (bicyclic) bond motifs is 3. The Morgan fingerprint density at radius 1 is 1.05 bits per heavy atom. The summed E-state index contributed by atoms with van der Waals surface area (Å²) in [5.74, 6) is 7.55. The number of nitrogens with zero attached hydrogens (tertiary/aromatic N) is 2. The highest BCUT2D eigenvalue weighted by Crippen LogP contribution is 2.58. The number of thiazole rings is 1. The molecule has 0 saturated heterocycles. The number of hydrogen-bond donors (Lipinski definition) is 1. The molecule has 2 bridgehead atoms. The van der Waals surface area contributed by atoms with Crippen molar-refractivity contribution in [2.24, 2.45) is 11.3 Å². The van der Waals surface area contributed by atoms with Crippen LogP contribution in [0.5, 0.6) is 5.75 Å². The molecule has 7 rings (SSSR count). The zero-order chi connectivity index (χ0) is 28.5. The minimum absolute atomic E-state index is 0.0339. The summed E-state index contributed by atoms with van der Waals surface area (Å²) in [5, 5.41) is 12.8. The maximum atomic E-state index is 14.2. The van der Waals surface area contributed by atoms with Gasteiger partial charge in [0.2, 0.25) is 5.91 Å². The first-order valence-corrected chi connectivity index (χ1v) is 15.9. The Hall–Kier alpha value is -3.14. The number of carbonyl (C=O) groups is 1. The van der Waals surface area contributed by atoms with Crippen molar-refractivity contribution in [3.63, 3.8) is 0 Å². The van der Waals surface area contributed by atoms with Crippen LogP contribution in [-0.4, -0.2) is 35.8 Å². The normalized spacial score (nSPS) is 27.1. The van der Waals surface area contributed by atoms with Gasteiger partial charge in [-0.05, 0) is 123 Å². The van der Waals surface area contributed by atoms with Crippen molar-refractivity contribution in [1.82, 2.24) is 4.98 Å². The first-order valence-electron chi connectivity index (χ1n) is 15.0. The molecule has 1 N–H and O–H groups in total. The van der Waals surface area contributed by atoms with Gasteiger partial charge < -0.3 is 14.7 Å². The van der Waals surface area contributed by atoms with Crippen molar-refractivity contribution in [2.45, 2.75) is 82.7 Å². The molecule has 1 amide bonds. The van der Waals surface area contributed by atoms with Crippen LogP contribution in [0.1, 0.15) is 85.9 Å². The van der Waals surface area contributed by atoms with Crippen LogP contribution in [0.4, 0.5) is 5.69 Å². The van der Waals surface area contributed by atoms with Gasteiger partial charge in [0.15, 0.2) is 5.01 Å². The van der Waals surface area contributed by atoms with Crippen LogP contribution in [-0.2, 0) is 10.2 Å². The lowest BCUT2D eigenvalue weighted by Gasteiger charge is -2.55. The molecule has 0 unspecified atom stereocenters. The largest absolute Gasteiger partial charge is 0.496 e. The molecular weight excluding hydrogens is 528 g/mol. The van der Waals surface area contributed by atoms with Crippen molar-refractivity contribution in [1.29, 1.82) is 0 Å². The van der Waals surface area contributed by atoms with Crippen molar-refractivity contribution >= 4 is 22.9 Å². The van der Waals surface area contributed by atoms with E-state index >= 15 is 0 Å². The van der Waals surface area contributed by atoms with Gasteiger partial charge in [-0.2, -0.15) is 0 Å². The number of aromatic nitrogens is 1. The minimum atomic E-state index is -0.276. The molecular formula is C35H40N2O3S. The second kappa shape index (κ2) is 11.6. The molecule has 4 aliphatic carbocycles. The summed E-state index contributed by atoms with van der Waals surface area (Å²) in [6, 6.07) is 14.9. The van der Waals surface area contributed by atoms with E-state index in [4.69, 9.17) is 4.74 Å². The third-order valence-corrected chi connectivity index (χ3v) is 10.8. The van der Waals surface area contributed by atoms with Gasteiger partial charge in [0.1, 0.15) is 5.75 Å². The van der Waals surface area contributed by atoms with E-state index in [1.165, 1.54) is 22.5 Å². The number of rotatable bonds is 6. The van der Waals surface area contributed by atoms with Crippen molar-refractivity contribution in [3.05, 3.63) is 75.7 Å². The SMILES string of the molecule is COc1ccc(C23CCC(CN(C(=O)C4CCC(O)CC4)c4cccc(C#Cc5nccs5)c4)(CC2)CC3)cc1C. The lowest BCUT2D eigenvalue weighted by atomic mass is 9.51. The van der Waals surface area contributed by atoms with Crippen LogP contribution in [0, 0.1) is 30.1 Å². The number of methoxy groups -OCH3 is 1. The Morgan fingerprint density at radius 3 is 2.46 bits per heavy atom. The molecule has 0 atom stereocenters. The van der Waals surface area contributed by atoms with Crippen LogP contribution < -0.4 is 9.64 Å². The van der Waals surface area contributed by atoms with Crippen LogP contribution in [0.25, 0.3) is 0 Å². The summed E-state index contributed by atoms with van der Waals surface area (Å²) < 4.78 is 5.52. The van der Waals surface area contributed by atoms with Crippen molar-refractivity contribution in [2.75, 3.05) is 18.6 Å². The standard InChI is InChI=1S/C35H40N2O3S/c1-25-22-28(9-12-31(25)40-2)35-17-14-34(15-18-35,16-19-35)24-37(33(39)27-7-10-30(38)11-8-27)29-5-3-4-26(23-29)6-13-32-36-20-21-41-32/h3-5,9,12,20-23,27,30,38H,7-8,10-11,14-19,24H2,1-2H3. The second-order valence-electron chi connectivity index (χ2n) is 12.5. The molecule has 4 aliphatic rings. The lowest BCUT2D eigenvalue weighted by Crippen LogP contribution is -2.51. The fourth-order valence-electron chi connectivity index (χ4n) is 7.48. The molecule has 6 heteroatoms. The van der Waals surface area contributed by atoms with E-state index in [9.17, 15) is 9.90 Å². The number of ether oxygens (including phenoxy) is 1. The maximum absolute atomic E-state index is 14.2. The molecule has 0 aliphatic heterocycles. The van der Waals surface area contributed by atoms with Gasteiger partial charge in [0, 0.05) is 35.3 Å². The quantitative estimate of drug-likeness (QED) is 0.324. The van der Waals surface area contributed by atoms with Crippen LogP contribution >= 0.6 is 11.3 Å². The minimum Gasteiger partial charge on any atom is -0.496 e. The topological polar surface area (TPSA) is 62.7 Å². The highest BCUT2D eigenvalue weighted by atomic mass is 32.1. The number of aliphatic hydroxyl groups excluding tert-OH is 1. The molecule has 41 heavy (non-hydrogen) atoms. The van der Waals surface area contributed by atoms with Crippen LogP contribution in [0.3, 0.4) is 0 Å². The fourth-order valence-corrected chi connectivity index (χ4v) is 7.96. The average molecular weight is 569 g/mol. The third kappa shape index (κ3) is 5.80. The number of hydrogen-bond acceptors (Lipinski definition) is 5. The molecule has 4 saturated carbocycles. The van der Waals surface area contributed by atoms with Gasteiger partial charge in [0.25, 0.3) is 0 Å². The van der Waals surface area contributed by atoms with Crippen LogP contribution in [0.2, 0.25) is 0 Å². The zero-order valence-corrected chi connectivity index (χ0v) is 25.0. The fraction of sp³-hybridized carbons (Fsp3) is 0.486.